The summed E-state index contributed by atoms with van der Waals surface area (Å²) in [5.41, 5.74) is 0.935. The Kier molecular flexibility index (Phi) is 5.68. The predicted octanol–water partition coefficient (Wildman–Crippen LogP) is 2.17. The number of likely N-dealkylation sites (tertiary alicyclic amines) is 1. The van der Waals surface area contributed by atoms with Gasteiger partial charge in [-0.1, -0.05) is 19.1 Å². The Morgan fingerprint density at radius 3 is 2.56 bits per heavy atom. The van der Waals surface area contributed by atoms with Crippen molar-refractivity contribution in [3.8, 4) is 0 Å². The van der Waals surface area contributed by atoms with Crippen LogP contribution in [0.2, 0.25) is 0 Å². The maximum atomic E-state index is 13.0. The van der Waals surface area contributed by atoms with Crippen molar-refractivity contribution in [1.29, 1.82) is 0 Å². The second kappa shape index (κ2) is 7.95. The van der Waals surface area contributed by atoms with Crippen LogP contribution in [0.4, 0.5) is 4.39 Å². The van der Waals surface area contributed by atoms with Gasteiger partial charge in [0, 0.05) is 26.1 Å². The van der Waals surface area contributed by atoms with E-state index < -0.39 is 0 Å². The molecule has 1 aromatic carbocycles. The second-order valence-corrected chi connectivity index (χ2v) is 6.84. The van der Waals surface area contributed by atoms with E-state index >= 15 is 0 Å². The van der Waals surface area contributed by atoms with E-state index in [-0.39, 0.29) is 29.6 Å². The van der Waals surface area contributed by atoms with E-state index in [1.165, 1.54) is 12.1 Å². The lowest BCUT2D eigenvalue weighted by atomic mass is 9.97. The molecule has 6 heteroatoms. The Labute approximate surface area is 147 Å². The van der Waals surface area contributed by atoms with Gasteiger partial charge in [-0.15, -0.1) is 0 Å². The summed E-state index contributed by atoms with van der Waals surface area (Å²) in [5, 5.41) is 0. The van der Waals surface area contributed by atoms with E-state index in [9.17, 15) is 14.0 Å². The summed E-state index contributed by atoms with van der Waals surface area (Å²) >= 11 is 0. The number of halogens is 1. The average Bonchev–Trinajstić information content (AvgIpc) is 3.12. The van der Waals surface area contributed by atoms with Crippen LogP contribution in [0, 0.1) is 5.82 Å². The SMILES string of the molecule is CC(CC(=O)N1CCC[C@H]1C(=O)N1CCOCC1)c1ccc(F)cc1. The molecule has 25 heavy (non-hydrogen) atoms. The first-order valence-corrected chi connectivity index (χ1v) is 8.97. The first kappa shape index (κ1) is 17.9. The molecule has 0 radical (unpaired) electrons. The molecule has 0 N–H and O–H groups in total. The molecule has 2 aliphatic heterocycles. The molecule has 0 saturated carbocycles. The Morgan fingerprint density at radius 2 is 1.88 bits per heavy atom. The number of nitrogens with zero attached hydrogens (tertiary/aromatic N) is 2. The fourth-order valence-electron chi connectivity index (χ4n) is 3.60. The van der Waals surface area contributed by atoms with Gasteiger partial charge in [0.25, 0.3) is 0 Å². The second-order valence-electron chi connectivity index (χ2n) is 6.84. The monoisotopic (exact) mass is 348 g/mol. The highest BCUT2D eigenvalue weighted by Crippen LogP contribution is 2.25. The van der Waals surface area contributed by atoms with Crippen LogP contribution in [0.3, 0.4) is 0 Å². The topological polar surface area (TPSA) is 49.9 Å². The molecular weight excluding hydrogens is 323 g/mol. The summed E-state index contributed by atoms with van der Waals surface area (Å²) < 4.78 is 18.3. The first-order valence-electron chi connectivity index (χ1n) is 8.97. The summed E-state index contributed by atoms with van der Waals surface area (Å²) in [7, 11) is 0. The third kappa shape index (κ3) is 4.18. The van der Waals surface area contributed by atoms with Gasteiger partial charge in [-0.05, 0) is 36.5 Å². The van der Waals surface area contributed by atoms with Crippen LogP contribution in [0.15, 0.2) is 24.3 Å². The molecular formula is C19H25FN2O3. The summed E-state index contributed by atoms with van der Waals surface area (Å²) in [6.07, 6.45) is 1.92. The molecule has 0 aliphatic carbocycles. The van der Waals surface area contributed by atoms with Gasteiger partial charge in [0.05, 0.1) is 13.2 Å². The lowest BCUT2D eigenvalue weighted by Gasteiger charge is -2.33. The van der Waals surface area contributed by atoms with E-state index in [1.807, 2.05) is 11.8 Å². The zero-order valence-corrected chi connectivity index (χ0v) is 14.6. The van der Waals surface area contributed by atoms with Crippen LogP contribution in [0.25, 0.3) is 0 Å². The van der Waals surface area contributed by atoms with Crippen LogP contribution >= 0.6 is 0 Å². The Bertz CT molecular complexity index is 614. The third-order valence-corrected chi connectivity index (χ3v) is 5.10. The maximum absolute atomic E-state index is 13.0. The molecule has 5 nitrogen and oxygen atoms in total. The minimum absolute atomic E-state index is 0.000865. The fourth-order valence-corrected chi connectivity index (χ4v) is 3.60. The number of rotatable bonds is 4. The van der Waals surface area contributed by atoms with Crippen molar-refractivity contribution in [2.24, 2.45) is 0 Å². The van der Waals surface area contributed by atoms with Crippen LogP contribution in [-0.4, -0.2) is 60.5 Å². The lowest BCUT2D eigenvalue weighted by molar-refractivity contribution is -0.146. The van der Waals surface area contributed by atoms with E-state index in [2.05, 4.69) is 0 Å². The first-order chi connectivity index (χ1) is 12.1. The fraction of sp³-hybridized carbons (Fsp3) is 0.579. The molecule has 3 rings (SSSR count). The zero-order valence-electron chi connectivity index (χ0n) is 14.6. The highest BCUT2D eigenvalue weighted by molar-refractivity contribution is 5.88. The normalized spacial score (nSPS) is 22.1. The number of hydrogen-bond acceptors (Lipinski definition) is 3. The summed E-state index contributed by atoms with van der Waals surface area (Å²) in [5.74, 6) is -0.240. The van der Waals surface area contributed by atoms with E-state index in [0.717, 1.165) is 18.4 Å². The molecule has 2 heterocycles. The molecule has 0 bridgehead atoms. The summed E-state index contributed by atoms with van der Waals surface area (Å²) in [6, 6.07) is 5.92. The zero-order chi connectivity index (χ0) is 17.8. The van der Waals surface area contributed by atoms with Crippen LogP contribution < -0.4 is 0 Å². The van der Waals surface area contributed by atoms with Gasteiger partial charge in [-0.2, -0.15) is 0 Å². The van der Waals surface area contributed by atoms with E-state index in [0.29, 0.717) is 39.3 Å². The molecule has 136 valence electrons. The number of carbonyl (C=O) groups is 2. The van der Waals surface area contributed by atoms with Crippen molar-refractivity contribution < 1.29 is 18.7 Å². The summed E-state index contributed by atoms with van der Waals surface area (Å²) in [4.78, 5) is 29.0. The van der Waals surface area contributed by atoms with Crippen LogP contribution in [0.1, 0.15) is 37.7 Å². The molecule has 2 amide bonds. The minimum atomic E-state index is -0.342. The Balaban J connectivity index is 1.62. The molecule has 0 aromatic heterocycles. The Morgan fingerprint density at radius 1 is 1.20 bits per heavy atom. The molecule has 1 aromatic rings. The molecule has 2 aliphatic rings. The van der Waals surface area contributed by atoms with Crippen LogP contribution in [-0.2, 0) is 14.3 Å². The van der Waals surface area contributed by atoms with Gasteiger partial charge < -0.3 is 14.5 Å². The van der Waals surface area contributed by atoms with Crippen molar-refractivity contribution in [1.82, 2.24) is 9.80 Å². The maximum Gasteiger partial charge on any atom is 0.245 e. The van der Waals surface area contributed by atoms with Gasteiger partial charge in [0.15, 0.2) is 0 Å². The number of benzene rings is 1. The van der Waals surface area contributed by atoms with E-state index in [1.54, 1.807) is 17.0 Å². The van der Waals surface area contributed by atoms with Gasteiger partial charge >= 0.3 is 0 Å². The summed E-state index contributed by atoms with van der Waals surface area (Å²) in [6.45, 7) is 4.92. The molecule has 2 saturated heterocycles. The van der Waals surface area contributed by atoms with Gasteiger partial charge in [0.1, 0.15) is 11.9 Å². The highest BCUT2D eigenvalue weighted by atomic mass is 19.1. The molecule has 2 atom stereocenters. The highest BCUT2D eigenvalue weighted by Gasteiger charge is 2.37. The van der Waals surface area contributed by atoms with Crippen molar-refractivity contribution in [3.05, 3.63) is 35.6 Å². The largest absolute Gasteiger partial charge is 0.378 e. The van der Waals surface area contributed by atoms with Crippen molar-refractivity contribution in [2.45, 2.75) is 38.1 Å². The smallest absolute Gasteiger partial charge is 0.245 e. The lowest BCUT2D eigenvalue weighted by Crippen LogP contribution is -2.51. The van der Waals surface area contributed by atoms with Gasteiger partial charge in [-0.25, -0.2) is 4.39 Å². The van der Waals surface area contributed by atoms with E-state index in [4.69, 9.17) is 4.74 Å². The van der Waals surface area contributed by atoms with Crippen molar-refractivity contribution in [3.63, 3.8) is 0 Å². The van der Waals surface area contributed by atoms with Crippen LogP contribution in [0.5, 0.6) is 0 Å². The van der Waals surface area contributed by atoms with Gasteiger partial charge in [0.2, 0.25) is 11.8 Å². The average molecular weight is 348 g/mol. The molecule has 0 spiro atoms. The molecule has 2 fully saturated rings. The number of amides is 2. The molecule has 1 unspecified atom stereocenters. The number of hydrogen-bond donors (Lipinski definition) is 0. The number of ether oxygens (including phenoxy) is 1. The standard InChI is InChI=1S/C19H25FN2O3/c1-14(15-4-6-16(20)7-5-15)13-18(23)22-8-2-3-17(22)19(24)21-9-11-25-12-10-21/h4-7,14,17H,2-3,8-13H2,1H3/t14?,17-/m0/s1. The number of morpholine rings is 1. The van der Waals surface area contributed by atoms with Crippen molar-refractivity contribution in [2.75, 3.05) is 32.8 Å². The minimum Gasteiger partial charge on any atom is -0.378 e. The Hall–Kier alpha value is -1.95. The van der Waals surface area contributed by atoms with Crippen molar-refractivity contribution >= 4 is 11.8 Å². The quantitative estimate of drug-likeness (QED) is 0.838. The van der Waals surface area contributed by atoms with Gasteiger partial charge in [-0.3, -0.25) is 9.59 Å². The third-order valence-electron chi connectivity index (χ3n) is 5.10. The number of carbonyl (C=O) groups excluding carboxylic acids is 2. The predicted molar refractivity (Wildman–Crippen MR) is 91.6 cm³/mol.